The van der Waals surface area contributed by atoms with Crippen LogP contribution in [-0.4, -0.2) is 15.5 Å². The van der Waals surface area contributed by atoms with Gasteiger partial charge in [-0.15, -0.1) is 0 Å². The standard InChI is InChI=1S/C15H16O4S/c1-11-4-5-12(2)15(10-11)19-20(16,17)14-8-6-13(18-3)7-9-14/h4-10H,1-3H3. The minimum Gasteiger partial charge on any atom is -0.497 e. The summed E-state index contributed by atoms with van der Waals surface area (Å²) in [5.41, 5.74) is 1.71. The molecular formula is C15H16O4S. The molecule has 20 heavy (non-hydrogen) atoms. The van der Waals surface area contributed by atoms with E-state index in [9.17, 15) is 8.42 Å². The second kappa shape index (κ2) is 5.54. The van der Waals surface area contributed by atoms with Crippen molar-refractivity contribution in [2.24, 2.45) is 0 Å². The van der Waals surface area contributed by atoms with Crippen molar-refractivity contribution in [3.8, 4) is 11.5 Å². The second-order valence-corrected chi connectivity index (χ2v) is 6.03. The number of aryl methyl sites for hydroxylation is 2. The average molecular weight is 292 g/mol. The van der Waals surface area contributed by atoms with Gasteiger partial charge in [-0.2, -0.15) is 8.42 Å². The lowest BCUT2D eigenvalue weighted by Gasteiger charge is -2.10. The van der Waals surface area contributed by atoms with Gasteiger partial charge in [-0.05, 0) is 55.3 Å². The Morgan fingerprint density at radius 1 is 0.950 bits per heavy atom. The molecule has 0 radical (unpaired) electrons. The highest BCUT2D eigenvalue weighted by Gasteiger charge is 2.17. The van der Waals surface area contributed by atoms with E-state index in [1.807, 2.05) is 19.1 Å². The molecule has 0 amide bonds. The van der Waals surface area contributed by atoms with Gasteiger partial charge in [-0.1, -0.05) is 12.1 Å². The van der Waals surface area contributed by atoms with Crippen molar-refractivity contribution in [2.75, 3.05) is 7.11 Å². The van der Waals surface area contributed by atoms with Crippen molar-refractivity contribution in [2.45, 2.75) is 18.7 Å². The molecule has 0 aliphatic heterocycles. The molecule has 0 fully saturated rings. The van der Waals surface area contributed by atoms with E-state index in [4.69, 9.17) is 8.92 Å². The predicted molar refractivity (Wildman–Crippen MR) is 76.7 cm³/mol. The maximum atomic E-state index is 12.2. The Hall–Kier alpha value is -2.01. The van der Waals surface area contributed by atoms with Crippen LogP contribution in [0.5, 0.6) is 11.5 Å². The van der Waals surface area contributed by atoms with Gasteiger partial charge in [0, 0.05) is 0 Å². The Bertz CT molecular complexity index is 703. The molecule has 0 aliphatic rings. The number of rotatable bonds is 4. The maximum absolute atomic E-state index is 12.2. The summed E-state index contributed by atoms with van der Waals surface area (Å²) in [6.07, 6.45) is 0. The van der Waals surface area contributed by atoms with Gasteiger partial charge in [-0.3, -0.25) is 0 Å². The van der Waals surface area contributed by atoms with Crippen LogP contribution < -0.4 is 8.92 Å². The molecule has 0 unspecified atom stereocenters. The number of hydrogen-bond donors (Lipinski definition) is 0. The zero-order chi connectivity index (χ0) is 14.8. The monoisotopic (exact) mass is 292 g/mol. The van der Waals surface area contributed by atoms with Crippen LogP contribution in [0.3, 0.4) is 0 Å². The van der Waals surface area contributed by atoms with E-state index in [0.29, 0.717) is 11.5 Å². The van der Waals surface area contributed by atoms with Crippen molar-refractivity contribution in [1.29, 1.82) is 0 Å². The third kappa shape index (κ3) is 3.11. The number of methoxy groups -OCH3 is 1. The third-order valence-electron chi connectivity index (χ3n) is 2.89. The third-order valence-corrected chi connectivity index (χ3v) is 4.14. The molecule has 0 N–H and O–H groups in total. The first-order valence-electron chi connectivity index (χ1n) is 6.08. The van der Waals surface area contributed by atoms with Crippen molar-refractivity contribution < 1.29 is 17.3 Å². The van der Waals surface area contributed by atoms with Crippen LogP contribution in [0.25, 0.3) is 0 Å². The second-order valence-electron chi connectivity index (χ2n) is 4.48. The highest BCUT2D eigenvalue weighted by Crippen LogP contribution is 2.24. The van der Waals surface area contributed by atoms with E-state index in [1.54, 1.807) is 25.1 Å². The van der Waals surface area contributed by atoms with Gasteiger partial charge in [0.25, 0.3) is 0 Å². The molecule has 5 heteroatoms. The first-order chi connectivity index (χ1) is 9.42. The van der Waals surface area contributed by atoms with Crippen molar-refractivity contribution in [3.63, 3.8) is 0 Å². The molecule has 4 nitrogen and oxygen atoms in total. The molecule has 0 bridgehead atoms. The van der Waals surface area contributed by atoms with E-state index in [2.05, 4.69) is 0 Å². The summed E-state index contributed by atoms with van der Waals surface area (Å²) in [4.78, 5) is 0.0965. The summed E-state index contributed by atoms with van der Waals surface area (Å²) in [6.45, 7) is 3.69. The summed E-state index contributed by atoms with van der Waals surface area (Å²) in [6, 6.07) is 11.5. The fourth-order valence-corrected chi connectivity index (χ4v) is 2.69. The normalized spacial score (nSPS) is 11.2. The van der Waals surface area contributed by atoms with Crippen LogP contribution in [0.2, 0.25) is 0 Å². The molecule has 0 atom stereocenters. The van der Waals surface area contributed by atoms with E-state index in [-0.39, 0.29) is 4.90 Å². The van der Waals surface area contributed by atoms with Crippen LogP contribution >= 0.6 is 0 Å². The Morgan fingerprint density at radius 3 is 2.20 bits per heavy atom. The van der Waals surface area contributed by atoms with Crippen molar-refractivity contribution in [3.05, 3.63) is 53.6 Å². The molecule has 0 saturated heterocycles. The highest BCUT2D eigenvalue weighted by molar-refractivity contribution is 7.87. The quantitative estimate of drug-likeness (QED) is 0.813. The van der Waals surface area contributed by atoms with Gasteiger partial charge in [-0.25, -0.2) is 0 Å². The SMILES string of the molecule is COc1ccc(S(=O)(=O)Oc2cc(C)ccc2C)cc1. The summed E-state index contributed by atoms with van der Waals surface area (Å²) in [5.74, 6) is 0.941. The Labute approximate surface area is 119 Å². The predicted octanol–water partition coefficient (Wildman–Crippen LogP) is 3.08. The molecule has 0 heterocycles. The first kappa shape index (κ1) is 14.4. The maximum Gasteiger partial charge on any atom is 0.339 e. The van der Waals surface area contributed by atoms with Crippen LogP contribution in [0.4, 0.5) is 0 Å². The van der Waals surface area contributed by atoms with Gasteiger partial charge < -0.3 is 8.92 Å². The molecular weight excluding hydrogens is 276 g/mol. The highest BCUT2D eigenvalue weighted by atomic mass is 32.2. The Kier molecular flexibility index (Phi) is 3.99. The van der Waals surface area contributed by atoms with Crippen LogP contribution in [0.15, 0.2) is 47.4 Å². The van der Waals surface area contributed by atoms with E-state index in [0.717, 1.165) is 11.1 Å². The van der Waals surface area contributed by atoms with Gasteiger partial charge in [0.1, 0.15) is 16.4 Å². The number of benzene rings is 2. The van der Waals surface area contributed by atoms with Crippen LogP contribution in [0, 0.1) is 13.8 Å². The summed E-state index contributed by atoms with van der Waals surface area (Å²) in [5, 5.41) is 0. The fourth-order valence-electron chi connectivity index (χ4n) is 1.71. The molecule has 0 aliphatic carbocycles. The van der Waals surface area contributed by atoms with Gasteiger partial charge >= 0.3 is 10.1 Å². The molecule has 2 aromatic carbocycles. The van der Waals surface area contributed by atoms with E-state index in [1.165, 1.54) is 19.2 Å². The average Bonchev–Trinajstić information content (AvgIpc) is 2.43. The van der Waals surface area contributed by atoms with Crippen LogP contribution in [-0.2, 0) is 10.1 Å². The minimum atomic E-state index is -3.83. The fraction of sp³-hybridized carbons (Fsp3) is 0.200. The van der Waals surface area contributed by atoms with E-state index >= 15 is 0 Å². The summed E-state index contributed by atoms with van der Waals surface area (Å²) < 4.78 is 34.6. The van der Waals surface area contributed by atoms with E-state index < -0.39 is 10.1 Å². The molecule has 0 aromatic heterocycles. The molecule has 106 valence electrons. The number of ether oxygens (including phenoxy) is 1. The minimum absolute atomic E-state index is 0.0965. The lowest BCUT2D eigenvalue weighted by atomic mass is 10.1. The molecule has 2 rings (SSSR count). The van der Waals surface area contributed by atoms with Crippen molar-refractivity contribution in [1.82, 2.24) is 0 Å². The Balaban J connectivity index is 2.32. The largest absolute Gasteiger partial charge is 0.497 e. The smallest absolute Gasteiger partial charge is 0.339 e. The molecule has 0 saturated carbocycles. The lowest BCUT2D eigenvalue weighted by molar-refractivity contribution is 0.414. The van der Waals surface area contributed by atoms with Gasteiger partial charge in [0.2, 0.25) is 0 Å². The summed E-state index contributed by atoms with van der Waals surface area (Å²) >= 11 is 0. The van der Waals surface area contributed by atoms with Crippen molar-refractivity contribution >= 4 is 10.1 Å². The van der Waals surface area contributed by atoms with Gasteiger partial charge in [0.05, 0.1) is 7.11 Å². The lowest BCUT2D eigenvalue weighted by Crippen LogP contribution is -2.10. The molecule has 2 aromatic rings. The van der Waals surface area contributed by atoms with Gasteiger partial charge in [0.15, 0.2) is 0 Å². The summed E-state index contributed by atoms with van der Waals surface area (Å²) in [7, 11) is -2.31. The molecule has 0 spiro atoms. The number of hydrogen-bond acceptors (Lipinski definition) is 4. The first-order valence-corrected chi connectivity index (χ1v) is 7.49. The Morgan fingerprint density at radius 2 is 1.60 bits per heavy atom. The topological polar surface area (TPSA) is 52.6 Å². The van der Waals surface area contributed by atoms with Crippen LogP contribution in [0.1, 0.15) is 11.1 Å². The zero-order valence-corrected chi connectivity index (χ0v) is 12.4. The zero-order valence-electron chi connectivity index (χ0n) is 11.6.